The van der Waals surface area contributed by atoms with Crippen molar-refractivity contribution in [1.82, 2.24) is 14.7 Å². The van der Waals surface area contributed by atoms with Crippen LogP contribution in [0.4, 0.5) is 18.9 Å². The van der Waals surface area contributed by atoms with Gasteiger partial charge in [0.2, 0.25) is 5.92 Å². The summed E-state index contributed by atoms with van der Waals surface area (Å²) in [5.41, 5.74) is 0.699. The molecule has 2 heterocycles. The average Bonchev–Trinajstić information content (AvgIpc) is 3.35. The number of likely N-dealkylation sites (tertiary alicyclic amines) is 1. The van der Waals surface area contributed by atoms with Crippen LogP contribution < -0.4 is 5.32 Å². The number of aliphatic hydroxyl groups excluding tert-OH is 1. The minimum absolute atomic E-state index is 0.0237. The fraction of sp³-hybridized carbons (Fsp3) is 0.524. The van der Waals surface area contributed by atoms with Gasteiger partial charge in [-0.1, -0.05) is 6.07 Å². The van der Waals surface area contributed by atoms with E-state index in [0.29, 0.717) is 31.5 Å². The van der Waals surface area contributed by atoms with Crippen molar-refractivity contribution in [2.24, 2.45) is 0 Å². The number of hydrogen-bond acceptors (Lipinski definition) is 4. The van der Waals surface area contributed by atoms with E-state index in [9.17, 15) is 23.1 Å². The number of hydrogen-bond donors (Lipinski definition) is 2. The van der Waals surface area contributed by atoms with E-state index in [-0.39, 0.29) is 43.1 Å². The van der Waals surface area contributed by atoms with E-state index in [1.807, 2.05) is 0 Å². The van der Waals surface area contributed by atoms with E-state index in [0.717, 1.165) is 6.07 Å². The summed E-state index contributed by atoms with van der Waals surface area (Å²) in [6.07, 6.45) is 4.49. The standard InChI is InChI=1S/C21H25F3N4O2/c22-15-3-1-2-14(8-15)20(30)26-16-10-25-28(11-16)18-9-19(13-29)27(12-18)17-4-6-21(23,24)7-5-17/h1-3,8,10-11,17-19,29H,4-7,9,12-13H2,(H,26,30)/t18-,19-/m0/s1. The number of nitrogens with zero attached hydrogens (tertiary/aromatic N) is 3. The topological polar surface area (TPSA) is 70.4 Å². The largest absolute Gasteiger partial charge is 0.395 e. The van der Waals surface area contributed by atoms with Gasteiger partial charge in [-0.25, -0.2) is 13.2 Å². The summed E-state index contributed by atoms with van der Waals surface area (Å²) in [6, 6.07) is 5.34. The maximum Gasteiger partial charge on any atom is 0.255 e. The molecule has 0 unspecified atom stereocenters. The van der Waals surface area contributed by atoms with E-state index < -0.39 is 17.6 Å². The van der Waals surface area contributed by atoms with Crippen molar-refractivity contribution in [3.05, 3.63) is 48.0 Å². The van der Waals surface area contributed by atoms with Gasteiger partial charge in [0.1, 0.15) is 5.82 Å². The lowest BCUT2D eigenvalue weighted by Gasteiger charge is -2.37. The molecule has 4 rings (SSSR count). The minimum Gasteiger partial charge on any atom is -0.395 e. The number of rotatable bonds is 5. The Labute approximate surface area is 172 Å². The van der Waals surface area contributed by atoms with Crippen molar-refractivity contribution in [1.29, 1.82) is 0 Å². The third-order valence-corrected chi connectivity index (χ3v) is 6.12. The Hall–Kier alpha value is -2.39. The Kier molecular flexibility index (Phi) is 5.84. The molecular weight excluding hydrogens is 397 g/mol. The van der Waals surface area contributed by atoms with Crippen LogP contribution in [-0.4, -0.2) is 56.9 Å². The van der Waals surface area contributed by atoms with Gasteiger partial charge in [0.25, 0.3) is 5.91 Å². The number of anilines is 1. The summed E-state index contributed by atoms with van der Waals surface area (Å²) in [5.74, 6) is -3.50. The van der Waals surface area contributed by atoms with Gasteiger partial charge in [-0.2, -0.15) is 5.10 Å². The predicted octanol–water partition coefficient (Wildman–Crippen LogP) is 3.46. The van der Waals surface area contributed by atoms with Crippen LogP contribution in [0.5, 0.6) is 0 Å². The molecule has 1 saturated carbocycles. The molecule has 1 aromatic carbocycles. The normalized spacial score (nSPS) is 24.8. The fourth-order valence-corrected chi connectivity index (χ4v) is 4.53. The molecule has 0 bridgehead atoms. The second-order valence-corrected chi connectivity index (χ2v) is 8.18. The Morgan fingerprint density at radius 1 is 1.27 bits per heavy atom. The molecule has 1 aliphatic heterocycles. The van der Waals surface area contributed by atoms with Crippen LogP contribution in [-0.2, 0) is 0 Å². The number of nitrogens with one attached hydrogen (secondary N) is 1. The Morgan fingerprint density at radius 2 is 2.03 bits per heavy atom. The molecular formula is C21H25F3N4O2. The van der Waals surface area contributed by atoms with Gasteiger partial charge >= 0.3 is 0 Å². The van der Waals surface area contributed by atoms with Crippen LogP contribution in [0.15, 0.2) is 36.7 Å². The van der Waals surface area contributed by atoms with E-state index >= 15 is 0 Å². The Morgan fingerprint density at radius 3 is 2.73 bits per heavy atom. The van der Waals surface area contributed by atoms with Crippen LogP contribution in [0.2, 0.25) is 0 Å². The van der Waals surface area contributed by atoms with Gasteiger partial charge in [-0.15, -0.1) is 0 Å². The van der Waals surface area contributed by atoms with Crippen molar-refractivity contribution in [2.75, 3.05) is 18.5 Å². The molecule has 162 valence electrons. The molecule has 1 saturated heterocycles. The first-order chi connectivity index (χ1) is 14.3. The number of carbonyl (C=O) groups is 1. The first-order valence-corrected chi connectivity index (χ1v) is 10.2. The molecule has 1 aliphatic carbocycles. The highest BCUT2D eigenvalue weighted by atomic mass is 19.3. The molecule has 2 N–H and O–H groups in total. The predicted molar refractivity (Wildman–Crippen MR) is 105 cm³/mol. The van der Waals surface area contributed by atoms with Gasteiger partial charge in [-0.3, -0.25) is 14.4 Å². The van der Waals surface area contributed by atoms with E-state index in [2.05, 4.69) is 15.3 Å². The van der Waals surface area contributed by atoms with Gasteiger partial charge < -0.3 is 10.4 Å². The zero-order valence-electron chi connectivity index (χ0n) is 16.5. The highest BCUT2D eigenvalue weighted by molar-refractivity contribution is 6.04. The lowest BCUT2D eigenvalue weighted by atomic mass is 9.91. The molecule has 2 fully saturated rings. The monoisotopic (exact) mass is 422 g/mol. The van der Waals surface area contributed by atoms with Crippen LogP contribution >= 0.6 is 0 Å². The van der Waals surface area contributed by atoms with E-state index in [1.54, 1.807) is 10.9 Å². The number of carbonyl (C=O) groups excluding carboxylic acids is 1. The van der Waals surface area contributed by atoms with Gasteiger partial charge in [0, 0.05) is 43.2 Å². The summed E-state index contributed by atoms with van der Waals surface area (Å²) in [5, 5.41) is 16.8. The van der Waals surface area contributed by atoms with Crippen LogP contribution in [0, 0.1) is 5.82 Å². The van der Waals surface area contributed by atoms with Gasteiger partial charge in [-0.05, 0) is 37.5 Å². The van der Waals surface area contributed by atoms with Gasteiger partial charge in [0.15, 0.2) is 0 Å². The summed E-state index contributed by atoms with van der Waals surface area (Å²) in [4.78, 5) is 14.4. The average molecular weight is 422 g/mol. The van der Waals surface area contributed by atoms with Crippen molar-refractivity contribution in [2.45, 2.75) is 56.2 Å². The third kappa shape index (κ3) is 4.52. The Bertz CT molecular complexity index is 894. The maximum atomic E-state index is 13.5. The third-order valence-electron chi connectivity index (χ3n) is 6.12. The van der Waals surface area contributed by atoms with Crippen molar-refractivity contribution >= 4 is 11.6 Å². The first kappa shape index (κ1) is 20.9. The highest BCUT2D eigenvalue weighted by Crippen LogP contribution is 2.39. The molecule has 30 heavy (non-hydrogen) atoms. The number of halogens is 3. The zero-order valence-corrected chi connectivity index (χ0v) is 16.5. The molecule has 2 aromatic rings. The number of alkyl halides is 2. The summed E-state index contributed by atoms with van der Waals surface area (Å²) in [7, 11) is 0. The molecule has 9 heteroatoms. The molecule has 1 aromatic heterocycles. The fourth-order valence-electron chi connectivity index (χ4n) is 4.53. The molecule has 0 radical (unpaired) electrons. The van der Waals surface area contributed by atoms with Crippen molar-refractivity contribution in [3.8, 4) is 0 Å². The van der Waals surface area contributed by atoms with Crippen LogP contribution in [0.1, 0.15) is 48.5 Å². The SMILES string of the molecule is O=C(Nc1cnn([C@H]2C[C@@H](CO)N(C3CCC(F)(F)CC3)C2)c1)c1cccc(F)c1. The quantitative estimate of drug-likeness (QED) is 0.774. The maximum absolute atomic E-state index is 13.5. The zero-order chi connectivity index (χ0) is 21.3. The summed E-state index contributed by atoms with van der Waals surface area (Å²) >= 11 is 0. The molecule has 0 spiro atoms. The molecule has 2 atom stereocenters. The van der Waals surface area contributed by atoms with Crippen LogP contribution in [0.25, 0.3) is 0 Å². The van der Waals surface area contributed by atoms with Crippen molar-refractivity contribution in [3.63, 3.8) is 0 Å². The van der Waals surface area contributed by atoms with Crippen molar-refractivity contribution < 1.29 is 23.1 Å². The number of amides is 1. The summed E-state index contributed by atoms with van der Waals surface area (Å²) < 4.78 is 42.1. The Balaban J connectivity index is 1.40. The number of aliphatic hydroxyl groups is 1. The van der Waals surface area contributed by atoms with Gasteiger partial charge in [0.05, 0.1) is 24.5 Å². The number of benzene rings is 1. The highest BCUT2D eigenvalue weighted by Gasteiger charge is 2.42. The first-order valence-electron chi connectivity index (χ1n) is 10.2. The van der Waals surface area contributed by atoms with E-state index in [1.165, 1.54) is 24.4 Å². The lowest BCUT2D eigenvalue weighted by Crippen LogP contribution is -2.44. The second kappa shape index (κ2) is 8.39. The molecule has 6 nitrogen and oxygen atoms in total. The second-order valence-electron chi connectivity index (χ2n) is 8.18. The van der Waals surface area contributed by atoms with E-state index in [4.69, 9.17) is 0 Å². The van der Waals surface area contributed by atoms with Crippen LogP contribution in [0.3, 0.4) is 0 Å². The minimum atomic E-state index is -2.58. The number of aromatic nitrogens is 2. The molecule has 1 amide bonds. The smallest absolute Gasteiger partial charge is 0.255 e. The summed E-state index contributed by atoms with van der Waals surface area (Å²) in [6.45, 7) is 0.578. The molecule has 2 aliphatic rings. The lowest BCUT2D eigenvalue weighted by molar-refractivity contribution is -0.0571.